The van der Waals surface area contributed by atoms with Crippen molar-refractivity contribution in [3.63, 3.8) is 0 Å². The largest absolute Gasteiger partial charge is 0.497 e. The first-order valence-corrected chi connectivity index (χ1v) is 8.55. The molecule has 0 radical (unpaired) electrons. The van der Waals surface area contributed by atoms with Crippen LogP contribution >= 0.6 is 0 Å². The van der Waals surface area contributed by atoms with E-state index in [-0.39, 0.29) is 11.4 Å². The van der Waals surface area contributed by atoms with Gasteiger partial charge in [0.2, 0.25) is 10.0 Å². The number of ether oxygens (including phenoxy) is 1. The van der Waals surface area contributed by atoms with Crippen molar-refractivity contribution in [2.45, 2.75) is 11.4 Å². The van der Waals surface area contributed by atoms with Crippen molar-refractivity contribution in [2.75, 3.05) is 7.11 Å². The van der Waals surface area contributed by atoms with Crippen LogP contribution in [0.3, 0.4) is 0 Å². The lowest BCUT2D eigenvalue weighted by Crippen LogP contribution is -2.23. The minimum Gasteiger partial charge on any atom is -0.497 e. The molecule has 0 bridgehead atoms. The number of fused-ring (bicyclic) bond motifs is 1. The Morgan fingerprint density at radius 3 is 2.52 bits per heavy atom. The van der Waals surface area contributed by atoms with Crippen LogP contribution in [0.15, 0.2) is 65.7 Å². The van der Waals surface area contributed by atoms with Gasteiger partial charge in [0, 0.05) is 18.1 Å². The number of nitrogens with one attached hydrogen (secondary N) is 1. The molecule has 1 aromatic heterocycles. The first-order chi connectivity index (χ1) is 11.1. The van der Waals surface area contributed by atoms with Crippen molar-refractivity contribution >= 4 is 20.9 Å². The smallest absolute Gasteiger partial charge is 0.243 e. The molecule has 0 aliphatic carbocycles. The van der Waals surface area contributed by atoms with Gasteiger partial charge in [0.15, 0.2) is 0 Å². The zero-order chi connectivity index (χ0) is 16.3. The van der Waals surface area contributed by atoms with Gasteiger partial charge in [-0.2, -0.15) is 0 Å². The SMILES string of the molecule is COc1ccc(CNS(=O)(=O)c2cccc3cccnc23)cc1. The molecule has 0 saturated carbocycles. The molecule has 0 fully saturated rings. The Balaban J connectivity index is 1.85. The van der Waals surface area contributed by atoms with Gasteiger partial charge in [-0.25, -0.2) is 13.1 Å². The zero-order valence-electron chi connectivity index (χ0n) is 12.6. The van der Waals surface area contributed by atoms with Crippen LogP contribution in [0.4, 0.5) is 0 Å². The number of aromatic nitrogens is 1. The Labute approximate surface area is 135 Å². The van der Waals surface area contributed by atoms with Crippen LogP contribution in [0.5, 0.6) is 5.75 Å². The number of benzene rings is 2. The number of rotatable bonds is 5. The summed E-state index contributed by atoms with van der Waals surface area (Å²) < 4.78 is 32.8. The highest BCUT2D eigenvalue weighted by atomic mass is 32.2. The molecule has 0 saturated heterocycles. The molecule has 0 spiro atoms. The highest BCUT2D eigenvalue weighted by Gasteiger charge is 2.17. The van der Waals surface area contributed by atoms with Crippen LogP contribution in [-0.4, -0.2) is 20.5 Å². The third kappa shape index (κ3) is 3.33. The van der Waals surface area contributed by atoms with Crippen molar-refractivity contribution in [1.29, 1.82) is 0 Å². The molecule has 1 N–H and O–H groups in total. The van der Waals surface area contributed by atoms with Crippen LogP contribution in [0.1, 0.15) is 5.56 Å². The van der Waals surface area contributed by atoms with Gasteiger partial charge in [0.1, 0.15) is 10.6 Å². The van der Waals surface area contributed by atoms with Crippen LogP contribution < -0.4 is 9.46 Å². The van der Waals surface area contributed by atoms with Gasteiger partial charge in [-0.05, 0) is 29.8 Å². The van der Waals surface area contributed by atoms with E-state index in [4.69, 9.17) is 4.74 Å². The molecule has 1 heterocycles. The second-order valence-corrected chi connectivity index (χ2v) is 6.74. The Morgan fingerprint density at radius 2 is 1.78 bits per heavy atom. The number of nitrogens with zero attached hydrogens (tertiary/aromatic N) is 1. The van der Waals surface area contributed by atoms with Crippen molar-refractivity contribution in [3.05, 3.63) is 66.4 Å². The Bertz CT molecular complexity index is 917. The highest BCUT2D eigenvalue weighted by Crippen LogP contribution is 2.20. The van der Waals surface area contributed by atoms with Gasteiger partial charge in [-0.3, -0.25) is 4.98 Å². The molecule has 2 aromatic carbocycles. The molecule has 0 unspecified atom stereocenters. The fourth-order valence-electron chi connectivity index (χ4n) is 2.29. The minimum absolute atomic E-state index is 0.184. The average Bonchev–Trinajstić information content (AvgIpc) is 2.60. The molecule has 3 aromatic rings. The summed E-state index contributed by atoms with van der Waals surface area (Å²) in [7, 11) is -2.06. The van der Waals surface area contributed by atoms with E-state index < -0.39 is 10.0 Å². The maximum absolute atomic E-state index is 12.6. The summed E-state index contributed by atoms with van der Waals surface area (Å²) in [5.41, 5.74) is 1.32. The quantitative estimate of drug-likeness (QED) is 0.782. The summed E-state index contributed by atoms with van der Waals surface area (Å²) in [5, 5.41) is 0.792. The number of para-hydroxylation sites is 1. The van der Waals surface area contributed by atoms with E-state index >= 15 is 0 Å². The van der Waals surface area contributed by atoms with Gasteiger partial charge in [-0.1, -0.05) is 30.3 Å². The van der Waals surface area contributed by atoms with Crippen molar-refractivity contribution in [3.8, 4) is 5.75 Å². The second-order valence-electron chi connectivity index (χ2n) is 5.00. The molecule has 0 aliphatic rings. The summed E-state index contributed by atoms with van der Waals surface area (Å²) in [6, 6.07) is 16.0. The number of hydrogen-bond acceptors (Lipinski definition) is 4. The number of hydrogen-bond donors (Lipinski definition) is 1. The fourth-order valence-corrected chi connectivity index (χ4v) is 3.49. The molecule has 0 amide bonds. The Hall–Kier alpha value is -2.44. The van der Waals surface area contributed by atoms with Crippen molar-refractivity contribution < 1.29 is 13.2 Å². The number of pyridine rings is 1. The van der Waals surface area contributed by atoms with E-state index in [0.717, 1.165) is 16.7 Å². The lowest BCUT2D eigenvalue weighted by molar-refractivity contribution is 0.414. The van der Waals surface area contributed by atoms with Gasteiger partial charge in [0.05, 0.1) is 12.6 Å². The molecule has 5 nitrogen and oxygen atoms in total. The molecule has 23 heavy (non-hydrogen) atoms. The topological polar surface area (TPSA) is 68.3 Å². The number of sulfonamides is 1. The van der Waals surface area contributed by atoms with Crippen LogP contribution in [0, 0.1) is 0 Å². The van der Waals surface area contributed by atoms with Crippen LogP contribution in [0.25, 0.3) is 10.9 Å². The minimum atomic E-state index is -3.64. The zero-order valence-corrected chi connectivity index (χ0v) is 13.4. The molecule has 6 heteroatoms. The van der Waals surface area contributed by atoms with E-state index in [1.54, 1.807) is 43.6 Å². The van der Waals surface area contributed by atoms with Gasteiger partial charge < -0.3 is 4.74 Å². The van der Waals surface area contributed by atoms with E-state index in [0.29, 0.717) is 5.52 Å². The van der Waals surface area contributed by atoms with Gasteiger partial charge >= 0.3 is 0 Å². The summed E-state index contributed by atoms with van der Waals surface area (Å²) in [6.45, 7) is 0.204. The van der Waals surface area contributed by atoms with Crippen LogP contribution in [0.2, 0.25) is 0 Å². The first kappa shape index (κ1) is 15.5. The second kappa shape index (κ2) is 6.36. The highest BCUT2D eigenvalue weighted by molar-refractivity contribution is 7.89. The van der Waals surface area contributed by atoms with E-state index in [1.807, 2.05) is 24.3 Å². The standard InChI is InChI=1S/C17H16N2O3S/c1-22-15-9-7-13(8-10-15)12-19-23(20,21)16-6-2-4-14-5-3-11-18-17(14)16/h2-11,19H,12H2,1H3. The van der Waals surface area contributed by atoms with Gasteiger partial charge in [-0.15, -0.1) is 0 Å². The lowest BCUT2D eigenvalue weighted by atomic mass is 10.2. The predicted molar refractivity (Wildman–Crippen MR) is 88.8 cm³/mol. The molecular formula is C17H16N2O3S. The summed E-state index contributed by atoms with van der Waals surface area (Å²) in [6.07, 6.45) is 1.59. The third-order valence-electron chi connectivity index (χ3n) is 3.51. The first-order valence-electron chi connectivity index (χ1n) is 7.06. The maximum atomic E-state index is 12.6. The van der Waals surface area contributed by atoms with E-state index in [9.17, 15) is 8.42 Å². The predicted octanol–water partition coefficient (Wildman–Crippen LogP) is 2.72. The number of methoxy groups -OCH3 is 1. The Morgan fingerprint density at radius 1 is 1.04 bits per heavy atom. The van der Waals surface area contributed by atoms with Crippen LogP contribution in [-0.2, 0) is 16.6 Å². The Kier molecular flexibility index (Phi) is 4.27. The summed E-state index contributed by atoms with van der Waals surface area (Å²) >= 11 is 0. The molecule has 118 valence electrons. The maximum Gasteiger partial charge on any atom is 0.243 e. The summed E-state index contributed by atoms with van der Waals surface area (Å²) in [4.78, 5) is 4.37. The van der Waals surface area contributed by atoms with Crippen molar-refractivity contribution in [1.82, 2.24) is 9.71 Å². The summed E-state index contributed by atoms with van der Waals surface area (Å²) in [5.74, 6) is 0.731. The molecule has 0 atom stereocenters. The van der Waals surface area contributed by atoms with E-state index in [1.165, 1.54) is 0 Å². The molecule has 3 rings (SSSR count). The van der Waals surface area contributed by atoms with Gasteiger partial charge in [0.25, 0.3) is 0 Å². The molecule has 0 aliphatic heterocycles. The lowest BCUT2D eigenvalue weighted by Gasteiger charge is -2.09. The molecular weight excluding hydrogens is 312 g/mol. The van der Waals surface area contributed by atoms with E-state index in [2.05, 4.69) is 9.71 Å². The third-order valence-corrected chi connectivity index (χ3v) is 4.94. The monoisotopic (exact) mass is 328 g/mol. The normalized spacial score (nSPS) is 11.5. The fraction of sp³-hybridized carbons (Fsp3) is 0.118. The van der Waals surface area contributed by atoms with Crippen molar-refractivity contribution in [2.24, 2.45) is 0 Å². The average molecular weight is 328 g/mol.